The summed E-state index contributed by atoms with van der Waals surface area (Å²) in [5.41, 5.74) is -0.611. The Morgan fingerprint density at radius 2 is 1.77 bits per heavy atom. The first kappa shape index (κ1) is 36.5. The van der Waals surface area contributed by atoms with Gasteiger partial charge in [-0.15, -0.1) is 17.9 Å². The molecule has 2 aliphatic heterocycles. The smallest absolute Gasteiger partial charge is 0.408 e. The third-order valence-corrected chi connectivity index (χ3v) is 12.5. The number of alkyl carbamates (subject to hydrolysis) is 1. The maximum Gasteiger partial charge on any atom is 0.408 e. The molecule has 1 aromatic carbocycles. The fourth-order valence-electron chi connectivity index (χ4n) is 6.96. The number of amides is 4. The Morgan fingerprint density at radius 3 is 2.42 bits per heavy atom. The van der Waals surface area contributed by atoms with Gasteiger partial charge in [0.2, 0.25) is 27.7 Å². The van der Waals surface area contributed by atoms with Crippen molar-refractivity contribution in [2.75, 3.05) is 0 Å². The SMILES string of the molecule is C=C[C@@H]1CC1(NC(=O)[C@@H]1C[C@@H](Oc2nc3ccccc3nc2-c2cccs2)C2C/C=C\CC(NC(=O)OC(C)(C)C)C(=O)N21)C(=O)NS(=O)(=O)C1CC1. The van der Waals surface area contributed by atoms with Crippen LogP contribution in [-0.4, -0.2) is 87.7 Å². The normalized spacial score (nSPS) is 27.5. The number of benzene rings is 1. The Kier molecular flexibility index (Phi) is 9.55. The minimum atomic E-state index is -3.91. The molecule has 0 bridgehead atoms. The van der Waals surface area contributed by atoms with E-state index in [1.54, 1.807) is 26.8 Å². The van der Waals surface area contributed by atoms with Crippen molar-refractivity contribution in [1.82, 2.24) is 30.2 Å². The first-order valence-electron chi connectivity index (χ1n) is 17.6. The number of para-hydroxylation sites is 2. The van der Waals surface area contributed by atoms with Gasteiger partial charge in [-0.25, -0.2) is 23.2 Å². The monoisotopic (exact) mass is 762 g/mol. The number of sulfonamides is 1. The highest BCUT2D eigenvalue weighted by atomic mass is 32.2. The summed E-state index contributed by atoms with van der Waals surface area (Å²) in [7, 11) is -3.91. The van der Waals surface area contributed by atoms with Crippen LogP contribution in [0.1, 0.15) is 59.3 Å². The first-order valence-corrected chi connectivity index (χ1v) is 20.1. The van der Waals surface area contributed by atoms with E-state index in [0.29, 0.717) is 36.0 Å². The van der Waals surface area contributed by atoms with Crippen LogP contribution in [0, 0.1) is 5.92 Å². The molecule has 0 radical (unpaired) electrons. The van der Waals surface area contributed by atoms with Crippen LogP contribution in [0.15, 0.2) is 66.6 Å². The summed E-state index contributed by atoms with van der Waals surface area (Å²) in [6.45, 7) is 8.91. The number of thiophene rings is 1. The van der Waals surface area contributed by atoms with Gasteiger partial charge in [-0.1, -0.05) is 36.4 Å². The van der Waals surface area contributed by atoms with E-state index in [2.05, 4.69) is 21.9 Å². The predicted octanol–water partition coefficient (Wildman–Crippen LogP) is 3.99. The number of ether oxygens (including phenoxy) is 2. The van der Waals surface area contributed by atoms with E-state index in [9.17, 15) is 27.6 Å². The molecule has 4 amide bonds. The molecule has 2 aliphatic carbocycles. The fraction of sp³-hybridized carbons (Fsp3) is 0.459. The number of nitrogens with zero attached hydrogens (tertiary/aromatic N) is 3. The molecule has 2 aromatic heterocycles. The zero-order valence-corrected chi connectivity index (χ0v) is 31.2. The van der Waals surface area contributed by atoms with E-state index >= 15 is 0 Å². The molecule has 3 unspecified atom stereocenters. The minimum Gasteiger partial charge on any atom is -0.470 e. The second-order valence-electron chi connectivity index (χ2n) is 14.9. The topological polar surface area (TPSA) is 186 Å². The standard InChI is InChI=1S/C37H42N6O8S2/c1-5-21-20-37(21,34(46)42-53(48,49)22-16-17-22)41-31(44)27-19-28(26-14-9-8-13-25(33(45)43(26)27)40-35(47)51-36(2,3)4)50-32-30(29-15-10-18-52-29)38-23-11-6-7-12-24(23)39-32/h5-12,15,18,21-22,25-28H,1,13-14,16-17,19-20H2,2-4H3,(H,40,47)(H,41,44)(H,42,46)/b9-8-/t21-,25?,26?,27+,28-,37?/m1/s1. The second-order valence-corrected chi connectivity index (χ2v) is 17.8. The van der Waals surface area contributed by atoms with Gasteiger partial charge in [-0.3, -0.25) is 19.1 Å². The number of aromatic nitrogens is 2. The van der Waals surface area contributed by atoms with Crippen LogP contribution in [0.4, 0.5) is 4.79 Å². The molecule has 3 fully saturated rings. The molecule has 7 rings (SSSR count). The van der Waals surface area contributed by atoms with E-state index in [0.717, 1.165) is 4.88 Å². The summed E-state index contributed by atoms with van der Waals surface area (Å²) in [6.07, 6.45) is 5.13. The van der Waals surface area contributed by atoms with Crippen molar-refractivity contribution >= 4 is 56.2 Å². The Labute approximate surface area is 311 Å². The van der Waals surface area contributed by atoms with Gasteiger partial charge in [0.25, 0.3) is 5.91 Å². The van der Waals surface area contributed by atoms with Crippen LogP contribution in [0.5, 0.6) is 5.88 Å². The maximum atomic E-state index is 14.5. The van der Waals surface area contributed by atoms with Gasteiger partial charge in [-0.2, -0.15) is 0 Å². The molecule has 3 aromatic rings. The molecule has 0 spiro atoms. The van der Waals surface area contributed by atoms with Crippen LogP contribution >= 0.6 is 11.3 Å². The van der Waals surface area contributed by atoms with Gasteiger partial charge in [0.15, 0.2) is 0 Å². The van der Waals surface area contributed by atoms with Gasteiger partial charge in [0, 0.05) is 12.3 Å². The van der Waals surface area contributed by atoms with Crippen molar-refractivity contribution < 1.29 is 37.1 Å². The van der Waals surface area contributed by atoms with E-state index in [1.165, 1.54) is 22.3 Å². The Balaban J connectivity index is 1.23. The molecular formula is C37H42N6O8S2. The number of carbonyl (C=O) groups is 4. The maximum absolute atomic E-state index is 14.5. The lowest BCUT2D eigenvalue weighted by Crippen LogP contribution is -2.60. The molecule has 6 atom stereocenters. The summed E-state index contributed by atoms with van der Waals surface area (Å²) in [5.74, 6) is -2.34. The van der Waals surface area contributed by atoms with Gasteiger partial charge in [0.1, 0.15) is 35.0 Å². The van der Waals surface area contributed by atoms with E-state index in [4.69, 9.17) is 19.4 Å². The lowest BCUT2D eigenvalue weighted by molar-refractivity contribution is -0.143. The summed E-state index contributed by atoms with van der Waals surface area (Å²) < 4.78 is 39.8. The highest BCUT2D eigenvalue weighted by Gasteiger charge is 2.62. The van der Waals surface area contributed by atoms with E-state index in [-0.39, 0.29) is 25.1 Å². The number of fused-ring (bicyclic) bond motifs is 2. The molecule has 4 heterocycles. The van der Waals surface area contributed by atoms with Crippen LogP contribution < -0.4 is 20.1 Å². The quantitative estimate of drug-likeness (QED) is 0.255. The zero-order chi connectivity index (χ0) is 37.7. The summed E-state index contributed by atoms with van der Waals surface area (Å²) >= 11 is 1.47. The summed E-state index contributed by atoms with van der Waals surface area (Å²) in [6, 6.07) is 8.24. The highest BCUT2D eigenvalue weighted by molar-refractivity contribution is 7.91. The van der Waals surface area contributed by atoms with Gasteiger partial charge >= 0.3 is 6.09 Å². The lowest BCUT2D eigenvalue weighted by atomic mass is 10.0. The second kappa shape index (κ2) is 13.9. The molecule has 53 heavy (non-hydrogen) atoms. The molecule has 4 aliphatic rings. The Hall–Kier alpha value is -4.83. The first-order chi connectivity index (χ1) is 25.2. The molecule has 2 saturated carbocycles. The third-order valence-electron chi connectivity index (χ3n) is 9.85. The largest absolute Gasteiger partial charge is 0.470 e. The predicted molar refractivity (Wildman–Crippen MR) is 197 cm³/mol. The van der Waals surface area contributed by atoms with E-state index in [1.807, 2.05) is 47.9 Å². The van der Waals surface area contributed by atoms with Gasteiger partial charge < -0.3 is 25.0 Å². The van der Waals surface area contributed by atoms with Crippen LogP contribution in [0.25, 0.3) is 21.6 Å². The molecule has 3 N–H and O–H groups in total. The molecule has 14 nitrogen and oxygen atoms in total. The fourth-order valence-corrected chi connectivity index (χ4v) is 9.03. The van der Waals surface area contributed by atoms with Crippen molar-refractivity contribution in [2.45, 2.75) is 99.9 Å². The average Bonchev–Trinajstić information content (AvgIpc) is 3.98. The van der Waals surface area contributed by atoms with Crippen LogP contribution in [-0.2, 0) is 29.1 Å². The van der Waals surface area contributed by atoms with Crippen LogP contribution in [0.2, 0.25) is 0 Å². The van der Waals surface area contributed by atoms with Crippen LogP contribution in [0.3, 0.4) is 0 Å². The average molecular weight is 763 g/mol. The van der Waals surface area contributed by atoms with Gasteiger partial charge in [-0.05, 0) is 76.5 Å². The molecular weight excluding hydrogens is 721 g/mol. The van der Waals surface area contributed by atoms with E-state index < -0.39 is 80.4 Å². The number of carbonyl (C=O) groups excluding carboxylic acids is 4. The van der Waals surface area contributed by atoms with Crippen molar-refractivity contribution in [3.05, 3.63) is 66.6 Å². The van der Waals surface area contributed by atoms with Gasteiger partial charge in [0.05, 0.1) is 27.2 Å². The number of rotatable bonds is 10. The summed E-state index contributed by atoms with van der Waals surface area (Å²) in [4.78, 5) is 67.3. The third kappa shape index (κ3) is 7.51. The Bertz CT molecular complexity index is 2090. The summed E-state index contributed by atoms with van der Waals surface area (Å²) in [5, 5.41) is 6.76. The zero-order valence-electron chi connectivity index (χ0n) is 29.6. The minimum absolute atomic E-state index is 0.00442. The molecule has 1 saturated heterocycles. The van der Waals surface area contributed by atoms with Crippen molar-refractivity contribution in [3.8, 4) is 16.5 Å². The molecule has 16 heteroatoms. The highest BCUT2D eigenvalue weighted by Crippen LogP contribution is 2.46. The molecule has 280 valence electrons. The van der Waals surface area contributed by atoms with Crippen molar-refractivity contribution in [1.29, 1.82) is 0 Å². The number of nitrogens with one attached hydrogen (secondary N) is 3. The van der Waals surface area contributed by atoms with Crippen molar-refractivity contribution in [2.24, 2.45) is 5.92 Å². The lowest BCUT2D eigenvalue weighted by Gasteiger charge is -2.35. The number of hydrogen-bond acceptors (Lipinski definition) is 11. The Morgan fingerprint density at radius 1 is 1.06 bits per heavy atom. The number of hydrogen-bond donors (Lipinski definition) is 3. The van der Waals surface area contributed by atoms with Crippen molar-refractivity contribution in [3.63, 3.8) is 0 Å².